The number of halogens is 3. The molecule has 1 aliphatic rings. The summed E-state index contributed by atoms with van der Waals surface area (Å²) in [7, 11) is -0.779. The summed E-state index contributed by atoms with van der Waals surface area (Å²) in [6.07, 6.45) is -0.864. The van der Waals surface area contributed by atoms with Gasteiger partial charge in [-0.15, -0.1) is 0 Å². The third kappa shape index (κ3) is 5.67. The number of alkyl halides is 3. The predicted molar refractivity (Wildman–Crippen MR) is 110 cm³/mol. The van der Waals surface area contributed by atoms with Crippen LogP contribution in [-0.2, 0) is 25.0 Å². The van der Waals surface area contributed by atoms with Crippen LogP contribution in [0.1, 0.15) is 78.0 Å². The Morgan fingerprint density at radius 3 is 2.10 bits per heavy atom. The second-order valence-corrected chi connectivity index (χ2v) is 8.54. The molecular formula is C22H30BF3O4. The number of carbonyl (C=O) groups excluding carboxylic acids is 1. The highest BCUT2D eigenvalue weighted by Crippen LogP contribution is 2.42. The van der Waals surface area contributed by atoms with E-state index >= 15 is 0 Å². The minimum Gasteiger partial charge on any atom is -0.454 e. The summed E-state index contributed by atoms with van der Waals surface area (Å²) >= 11 is 0. The number of hydrogen-bond donors (Lipinski definition) is 0. The maximum atomic E-state index is 13.0. The van der Waals surface area contributed by atoms with Crippen molar-refractivity contribution >= 4 is 13.1 Å². The second-order valence-electron chi connectivity index (χ2n) is 8.54. The van der Waals surface area contributed by atoms with Gasteiger partial charge in [-0.1, -0.05) is 38.0 Å². The van der Waals surface area contributed by atoms with Crippen molar-refractivity contribution in [1.82, 2.24) is 0 Å². The van der Waals surface area contributed by atoms with Gasteiger partial charge in [0.2, 0.25) is 0 Å². The van der Waals surface area contributed by atoms with Crippen molar-refractivity contribution in [3.63, 3.8) is 0 Å². The van der Waals surface area contributed by atoms with Gasteiger partial charge in [-0.25, -0.2) is 0 Å². The molecular weight excluding hydrogens is 396 g/mol. The molecule has 1 aliphatic heterocycles. The van der Waals surface area contributed by atoms with E-state index in [0.717, 1.165) is 25.0 Å². The molecule has 1 saturated heterocycles. The minimum atomic E-state index is -4.44. The fourth-order valence-electron chi connectivity index (χ4n) is 3.12. The van der Waals surface area contributed by atoms with Gasteiger partial charge in [0.25, 0.3) is 0 Å². The number of rotatable bonds is 7. The van der Waals surface area contributed by atoms with Crippen LogP contribution in [0.2, 0.25) is 0 Å². The number of ether oxygens (including phenoxy) is 1. The molecule has 8 heteroatoms. The second kappa shape index (κ2) is 9.14. The first-order valence-electron chi connectivity index (χ1n) is 10.2. The highest BCUT2D eigenvalue weighted by molar-refractivity contribution is 6.55. The van der Waals surface area contributed by atoms with Crippen molar-refractivity contribution in [3.05, 3.63) is 46.9 Å². The highest BCUT2D eigenvalue weighted by atomic mass is 19.4. The van der Waals surface area contributed by atoms with Crippen LogP contribution in [0.5, 0.6) is 0 Å². The number of hydrogen-bond acceptors (Lipinski definition) is 4. The molecule has 0 radical (unpaired) electrons. The lowest BCUT2D eigenvalue weighted by Gasteiger charge is -2.32. The normalized spacial score (nSPS) is 19.6. The van der Waals surface area contributed by atoms with Crippen molar-refractivity contribution in [2.45, 2.75) is 84.3 Å². The molecule has 1 unspecified atom stereocenters. The van der Waals surface area contributed by atoms with Crippen LogP contribution >= 0.6 is 0 Å². The molecule has 30 heavy (non-hydrogen) atoms. The van der Waals surface area contributed by atoms with Crippen molar-refractivity contribution in [2.75, 3.05) is 0 Å². The fourth-order valence-corrected chi connectivity index (χ4v) is 3.12. The summed E-state index contributed by atoms with van der Waals surface area (Å²) < 4.78 is 56.8. The lowest BCUT2D eigenvalue weighted by Crippen LogP contribution is -2.41. The van der Waals surface area contributed by atoms with E-state index in [-0.39, 0.29) is 0 Å². The van der Waals surface area contributed by atoms with Crippen LogP contribution < -0.4 is 0 Å². The van der Waals surface area contributed by atoms with Gasteiger partial charge in [0.1, 0.15) is 6.10 Å². The van der Waals surface area contributed by atoms with Gasteiger partial charge >= 0.3 is 19.3 Å². The Kier molecular flexibility index (Phi) is 7.46. The van der Waals surface area contributed by atoms with Gasteiger partial charge in [-0.2, -0.15) is 13.2 Å². The molecule has 1 aromatic rings. The monoisotopic (exact) mass is 426 g/mol. The zero-order chi connectivity index (χ0) is 22.7. The molecule has 1 heterocycles. The van der Waals surface area contributed by atoms with Gasteiger partial charge in [-0.3, -0.25) is 4.79 Å². The number of allylic oxidation sites excluding steroid dienone is 1. The SMILES string of the molecule is CCCC/C=C(\B1OC(C)(C)C(C)(C)O1)C(OC(C)=O)c1ccc(C(F)(F)F)cc1. The summed E-state index contributed by atoms with van der Waals surface area (Å²) in [4.78, 5) is 11.8. The molecule has 1 fully saturated rings. The third-order valence-corrected chi connectivity index (χ3v) is 5.59. The lowest BCUT2D eigenvalue weighted by atomic mass is 9.72. The lowest BCUT2D eigenvalue weighted by molar-refractivity contribution is -0.145. The van der Waals surface area contributed by atoms with E-state index in [4.69, 9.17) is 14.0 Å². The molecule has 1 atom stereocenters. The Morgan fingerprint density at radius 2 is 1.67 bits per heavy atom. The summed E-state index contributed by atoms with van der Waals surface area (Å²) in [5.74, 6) is -0.544. The van der Waals surface area contributed by atoms with E-state index in [1.165, 1.54) is 19.1 Å². The maximum Gasteiger partial charge on any atom is 0.494 e. The smallest absolute Gasteiger partial charge is 0.454 e. The number of carbonyl (C=O) groups is 1. The molecule has 0 bridgehead atoms. The zero-order valence-corrected chi connectivity index (χ0v) is 18.4. The van der Waals surface area contributed by atoms with Crippen LogP contribution in [0.25, 0.3) is 0 Å². The molecule has 0 saturated carbocycles. The van der Waals surface area contributed by atoms with Crippen LogP contribution in [0.4, 0.5) is 13.2 Å². The highest BCUT2D eigenvalue weighted by Gasteiger charge is 2.53. The van der Waals surface area contributed by atoms with Gasteiger partial charge in [-0.05, 0) is 51.8 Å². The molecule has 1 aromatic carbocycles. The standard InChI is InChI=1S/C22H30BF3O4/c1-7-8-9-10-18(23-29-20(3,4)21(5,6)30-23)19(28-15(2)27)16-11-13-17(14-12-16)22(24,25)26/h10-14,19H,7-9H2,1-6H3/b18-10-. The Balaban J connectivity index is 2.47. The van der Waals surface area contributed by atoms with Gasteiger partial charge in [0.15, 0.2) is 0 Å². The summed E-state index contributed by atoms with van der Waals surface area (Å²) in [5.41, 5.74) is -0.974. The van der Waals surface area contributed by atoms with Crippen molar-refractivity contribution in [1.29, 1.82) is 0 Å². The van der Waals surface area contributed by atoms with Crippen molar-refractivity contribution in [3.8, 4) is 0 Å². The van der Waals surface area contributed by atoms with Gasteiger partial charge in [0.05, 0.1) is 16.8 Å². The van der Waals surface area contributed by atoms with Crippen LogP contribution in [0, 0.1) is 0 Å². The Labute approximate surface area is 176 Å². The van der Waals surface area contributed by atoms with E-state index in [9.17, 15) is 18.0 Å². The molecule has 0 spiro atoms. The minimum absolute atomic E-state index is 0.427. The average molecular weight is 426 g/mol. The quantitative estimate of drug-likeness (QED) is 0.302. The summed E-state index contributed by atoms with van der Waals surface area (Å²) in [6.45, 7) is 11.0. The average Bonchev–Trinajstić information content (AvgIpc) is 2.83. The predicted octanol–water partition coefficient (Wildman–Crippen LogP) is 6.06. The first-order valence-corrected chi connectivity index (χ1v) is 10.2. The largest absolute Gasteiger partial charge is 0.494 e. The Hall–Kier alpha value is -1.80. The molecule has 0 aliphatic carbocycles. The maximum absolute atomic E-state index is 13.0. The van der Waals surface area contributed by atoms with Gasteiger partial charge in [0, 0.05) is 12.4 Å². The van der Waals surface area contributed by atoms with Gasteiger partial charge < -0.3 is 14.0 Å². The first-order chi connectivity index (χ1) is 13.8. The number of unbranched alkanes of at least 4 members (excludes halogenated alkanes) is 2. The molecule has 166 valence electrons. The van der Waals surface area contributed by atoms with E-state index in [1.54, 1.807) is 0 Å². The number of benzene rings is 1. The fraction of sp³-hybridized carbons (Fsp3) is 0.591. The van der Waals surface area contributed by atoms with E-state index in [1.807, 2.05) is 33.8 Å². The van der Waals surface area contributed by atoms with E-state index in [0.29, 0.717) is 17.5 Å². The third-order valence-electron chi connectivity index (χ3n) is 5.59. The summed E-state index contributed by atoms with van der Waals surface area (Å²) in [6, 6.07) is 4.63. The molecule has 0 amide bonds. The molecule has 2 rings (SSSR count). The van der Waals surface area contributed by atoms with Crippen LogP contribution in [0.3, 0.4) is 0 Å². The molecule has 0 aromatic heterocycles. The first kappa shape index (κ1) is 24.5. The Bertz CT molecular complexity index is 754. The van der Waals surface area contributed by atoms with Crippen molar-refractivity contribution < 1.29 is 32.0 Å². The van der Waals surface area contributed by atoms with Crippen LogP contribution in [0.15, 0.2) is 35.8 Å². The van der Waals surface area contributed by atoms with E-state index in [2.05, 4.69) is 6.92 Å². The van der Waals surface area contributed by atoms with E-state index < -0.39 is 42.1 Å². The van der Waals surface area contributed by atoms with Crippen molar-refractivity contribution in [2.24, 2.45) is 0 Å². The Morgan fingerprint density at radius 1 is 1.13 bits per heavy atom. The zero-order valence-electron chi connectivity index (χ0n) is 18.4. The molecule has 0 N–H and O–H groups in total. The van der Waals surface area contributed by atoms with Crippen LogP contribution in [-0.4, -0.2) is 24.3 Å². The molecule has 4 nitrogen and oxygen atoms in total. The summed E-state index contributed by atoms with van der Waals surface area (Å²) in [5, 5.41) is 0. The number of esters is 1. The topological polar surface area (TPSA) is 44.8 Å².